The molecular weight excluding hydrogens is 755 g/mol. The number of aliphatic hydroxyl groups excluding tert-OH is 2. The second-order valence-corrected chi connectivity index (χ2v) is 19.0. The normalized spacial score (nSPS) is 26.8. The van der Waals surface area contributed by atoms with Crippen LogP contribution >= 0.6 is 0 Å². The van der Waals surface area contributed by atoms with E-state index in [0.717, 1.165) is 40.1 Å². The van der Waals surface area contributed by atoms with Crippen LogP contribution < -0.4 is 0 Å². The van der Waals surface area contributed by atoms with Gasteiger partial charge in [-0.2, -0.15) is 10.5 Å². The lowest BCUT2D eigenvalue weighted by Gasteiger charge is -2.49. The van der Waals surface area contributed by atoms with Crippen molar-refractivity contribution in [2.45, 2.75) is 64.7 Å². The molecule has 4 aromatic rings. The maximum Gasteiger partial charge on any atom is 0.219 e. The van der Waals surface area contributed by atoms with Crippen LogP contribution in [0, 0.1) is 70.0 Å². The molecule has 6 rings (SSSR count). The van der Waals surface area contributed by atoms with Crippen LogP contribution in [-0.4, -0.2) is 64.5 Å². The Morgan fingerprint density at radius 3 is 1.78 bits per heavy atom. The van der Waals surface area contributed by atoms with Crippen molar-refractivity contribution in [3.8, 4) is 34.4 Å². The molecule has 0 unspecified atom stereocenters. The summed E-state index contributed by atoms with van der Waals surface area (Å²) in [5.74, 6) is 0.380. The molecule has 2 aliphatic carbocycles. The van der Waals surface area contributed by atoms with Gasteiger partial charge >= 0.3 is 0 Å². The van der Waals surface area contributed by atoms with Gasteiger partial charge in [-0.1, -0.05) is 94.8 Å². The van der Waals surface area contributed by atoms with E-state index in [4.69, 9.17) is 0 Å². The Bertz CT molecular complexity index is 2300. The molecular formula is C49H57N5O4S. The zero-order valence-electron chi connectivity index (χ0n) is 34.8. The summed E-state index contributed by atoms with van der Waals surface area (Å²) >= 11 is 0. The number of nitriles is 2. The van der Waals surface area contributed by atoms with E-state index in [0.29, 0.717) is 36.3 Å². The van der Waals surface area contributed by atoms with Crippen molar-refractivity contribution in [1.82, 2.24) is 14.3 Å². The number of aromatic nitrogens is 2. The molecule has 2 saturated carbocycles. The topological polar surface area (TPSA) is 151 Å². The van der Waals surface area contributed by atoms with Crippen molar-refractivity contribution < 1.29 is 18.6 Å². The minimum absolute atomic E-state index is 0.0274. The fourth-order valence-electron chi connectivity index (χ4n) is 9.76. The van der Waals surface area contributed by atoms with E-state index in [2.05, 4.69) is 62.0 Å². The monoisotopic (exact) mass is 811 g/mol. The summed E-state index contributed by atoms with van der Waals surface area (Å²) in [6, 6.07) is 26.7. The van der Waals surface area contributed by atoms with E-state index in [1.807, 2.05) is 72.8 Å². The summed E-state index contributed by atoms with van der Waals surface area (Å²) in [5, 5.41) is 39.5. The molecule has 0 aliphatic heterocycles. The first-order chi connectivity index (χ1) is 28.4. The molecule has 0 amide bonds. The van der Waals surface area contributed by atoms with E-state index in [-0.39, 0.29) is 54.1 Å². The van der Waals surface area contributed by atoms with Crippen LogP contribution in [0.1, 0.15) is 75.9 Å². The summed E-state index contributed by atoms with van der Waals surface area (Å²) in [7, 11) is -2.33. The molecule has 308 valence electrons. The first kappa shape index (κ1) is 43.6. The van der Waals surface area contributed by atoms with Gasteiger partial charge in [0.05, 0.1) is 41.3 Å². The van der Waals surface area contributed by atoms with Crippen LogP contribution in [-0.2, 0) is 10.0 Å². The Balaban J connectivity index is 1.24. The highest BCUT2D eigenvalue weighted by atomic mass is 32.2. The molecule has 0 saturated heterocycles. The molecule has 2 fully saturated rings. The van der Waals surface area contributed by atoms with Crippen molar-refractivity contribution in [3.63, 3.8) is 0 Å². The average Bonchev–Trinajstić information content (AvgIpc) is 3.26. The first-order valence-electron chi connectivity index (χ1n) is 20.9. The number of hydrogen-bond acceptors (Lipinski definition) is 8. The predicted octanol–water partition coefficient (Wildman–Crippen LogP) is 8.86. The van der Waals surface area contributed by atoms with Crippen LogP contribution in [0.3, 0.4) is 0 Å². The SMILES string of the molecule is C[C@H]1[C@H](C=Cc2ccc(-c3ccccc3C#N)cn2)[C@H]([C@@H](CO)S(=O)(=O)N(C)[C@@H]2C[C@H](C)[C@@H](C)[C@H](C=Cc3ccc(-c4ccccc4C#N)cn3)[C@@H]2CCO)CC[C@@H]1C. The van der Waals surface area contributed by atoms with Crippen molar-refractivity contribution in [2.75, 3.05) is 20.3 Å². The predicted molar refractivity (Wildman–Crippen MR) is 234 cm³/mol. The number of pyridine rings is 2. The summed E-state index contributed by atoms with van der Waals surface area (Å²) in [6.45, 7) is 8.21. The van der Waals surface area contributed by atoms with E-state index in [9.17, 15) is 29.2 Å². The van der Waals surface area contributed by atoms with Gasteiger partial charge in [0.25, 0.3) is 0 Å². The lowest BCUT2D eigenvalue weighted by molar-refractivity contribution is 0.0548. The van der Waals surface area contributed by atoms with Gasteiger partial charge < -0.3 is 10.2 Å². The molecule has 0 spiro atoms. The molecule has 2 heterocycles. The van der Waals surface area contributed by atoms with Crippen LogP contribution in [0.15, 0.2) is 97.3 Å². The summed E-state index contributed by atoms with van der Waals surface area (Å²) < 4.78 is 31.4. The van der Waals surface area contributed by atoms with Gasteiger partial charge in [-0.3, -0.25) is 9.97 Å². The Morgan fingerprint density at radius 2 is 1.29 bits per heavy atom. The Labute approximate surface area is 350 Å². The van der Waals surface area contributed by atoms with Crippen molar-refractivity contribution in [1.29, 1.82) is 10.5 Å². The van der Waals surface area contributed by atoms with E-state index < -0.39 is 21.9 Å². The fraction of sp³-hybridized carbons (Fsp3) is 0.429. The highest BCUT2D eigenvalue weighted by molar-refractivity contribution is 7.89. The van der Waals surface area contributed by atoms with Gasteiger partial charge in [0.15, 0.2) is 0 Å². The zero-order valence-corrected chi connectivity index (χ0v) is 35.6. The molecule has 0 bridgehead atoms. The van der Waals surface area contributed by atoms with Gasteiger partial charge in [-0.15, -0.1) is 0 Å². The number of allylic oxidation sites excluding steroid dienone is 2. The molecule has 10 heteroatoms. The summed E-state index contributed by atoms with van der Waals surface area (Å²) in [5.41, 5.74) is 6.00. The van der Waals surface area contributed by atoms with Gasteiger partial charge in [0.2, 0.25) is 10.0 Å². The van der Waals surface area contributed by atoms with E-state index in [1.165, 1.54) is 0 Å². The van der Waals surface area contributed by atoms with Gasteiger partial charge in [-0.25, -0.2) is 12.7 Å². The second kappa shape index (κ2) is 19.4. The van der Waals surface area contributed by atoms with Crippen molar-refractivity contribution in [2.24, 2.45) is 47.3 Å². The van der Waals surface area contributed by atoms with Crippen molar-refractivity contribution >= 4 is 22.2 Å². The number of sulfonamides is 1. The van der Waals surface area contributed by atoms with Crippen LogP contribution in [0.2, 0.25) is 0 Å². The fourth-order valence-corrected chi connectivity index (χ4v) is 11.8. The van der Waals surface area contributed by atoms with Gasteiger partial charge in [0, 0.05) is 54.3 Å². The Morgan fingerprint density at radius 1 is 0.763 bits per heavy atom. The number of rotatable bonds is 13. The molecule has 10 atom stereocenters. The minimum atomic E-state index is -4.00. The van der Waals surface area contributed by atoms with Gasteiger partial charge in [-0.05, 0) is 103 Å². The third-order valence-electron chi connectivity index (χ3n) is 13.7. The molecule has 2 aliphatic rings. The number of benzene rings is 2. The molecule has 2 aromatic carbocycles. The quantitative estimate of drug-likeness (QED) is 0.136. The zero-order chi connectivity index (χ0) is 42.3. The molecule has 0 radical (unpaired) electrons. The first-order valence-corrected chi connectivity index (χ1v) is 22.4. The third kappa shape index (κ3) is 9.43. The average molecular weight is 812 g/mol. The van der Waals surface area contributed by atoms with E-state index in [1.54, 1.807) is 35.9 Å². The third-order valence-corrected chi connectivity index (χ3v) is 16.0. The standard InChI is InChI=1S/C49H57N5O4S/c1-32-14-21-47(43(34(32)3)23-20-41-18-16-39(30-53-41)45-13-9-7-11-37(45)28-51)49(31-56)59(57,58)54(5)48-26-33(2)35(4)42(46(48)24-25-55)22-19-40-17-15-38(29-52-40)44-12-8-6-10-36(44)27-50/h6-13,15-20,22-23,29-30,32-35,42-43,46-49,55-56H,14,21,24-26,31H2,1-5H3/t32-,33-,34+,35+,42-,43-,46-,47+,48+,49+/m0/s1. The number of hydrogen-bond donors (Lipinski definition) is 2. The lowest BCUT2D eigenvalue weighted by Crippen LogP contribution is -2.55. The highest BCUT2D eigenvalue weighted by Crippen LogP contribution is 2.47. The minimum Gasteiger partial charge on any atom is -0.396 e. The van der Waals surface area contributed by atoms with Crippen LogP contribution in [0.4, 0.5) is 0 Å². The highest BCUT2D eigenvalue weighted by Gasteiger charge is 2.49. The molecule has 9 nitrogen and oxygen atoms in total. The smallest absolute Gasteiger partial charge is 0.219 e. The van der Waals surface area contributed by atoms with Crippen LogP contribution in [0.5, 0.6) is 0 Å². The van der Waals surface area contributed by atoms with Crippen LogP contribution in [0.25, 0.3) is 34.4 Å². The molecule has 2 aromatic heterocycles. The Kier molecular flexibility index (Phi) is 14.3. The maximum absolute atomic E-state index is 14.9. The second-order valence-electron chi connectivity index (χ2n) is 16.8. The number of nitrogens with zero attached hydrogens (tertiary/aromatic N) is 5. The largest absolute Gasteiger partial charge is 0.396 e. The number of aliphatic hydroxyl groups is 2. The molecule has 59 heavy (non-hydrogen) atoms. The maximum atomic E-state index is 14.9. The van der Waals surface area contributed by atoms with E-state index >= 15 is 0 Å². The van der Waals surface area contributed by atoms with Gasteiger partial charge in [0.1, 0.15) is 5.25 Å². The van der Waals surface area contributed by atoms with Crippen molar-refractivity contribution in [3.05, 3.63) is 120 Å². The summed E-state index contributed by atoms with van der Waals surface area (Å²) in [6.07, 6.45) is 14.3. The molecule has 2 N–H and O–H groups in total. The lowest BCUT2D eigenvalue weighted by atomic mass is 9.64. The summed E-state index contributed by atoms with van der Waals surface area (Å²) in [4.78, 5) is 9.36. The Hall–Kier alpha value is -4.97.